The first-order valence-electron chi connectivity index (χ1n) is 11.4. The number of anilines is 2. The van der Waals surface area contributed by atoms with Crippen LogP contribution in [0.3, 0.4) is 0 Å². The Balaban J connectivity index is 1.57. The van der Waals surface area contributed by atoms with Crippen molar-refractivity contribution in [2.45, 2.75) is 25.4 Å². The van der Waals surface area contributed by atoms with Gasteiger partial charge in [0, 0.05) is 29.6 Å². The Kier molecular flexibility index (Phi) is 5.65. The van der Waals surface area contributed by atoms with E-state index < -0.39 is 29.5 Å². The topological polar surface area (TPSA) is 79.7 Å². The van der Waals surface area contributed by atoms with Crippen LogP contribution in [0.4, 0.5) is 24.5 Å². The number of rotatable bonds is 8. The fourth-order valence-electron chi connectivity index (χ4n) is 4.53. The van der Waals surface area contributed by atoms with Gasteiger partial charge in [-0.3, -0.25) is 9.59 Å². The van der Waals surface area contributed by atoms with Gasteiger partial charge in [-0.15, -0.1) is 0 Å². The van der Waals surface area contributed by atoms with Crippen LogP contribution in [-0.4, -0.2) is 35.5 Å². The lowest BCUT2D eigenvalue weighted by Crippen LogP contribution is -2.21. The highest BCUT2D eigenvalue weighted by Gasteiger charge is 2.49. The third kappa shape index (κ3) is 4.42. The predicted molar refractivity (Wildman–Crippen MR) is 123 cm³/mol. The Bertz CT molecular complexity index is 1320. The number of pyridine rings is 1. The van der Waals surface area contributed by atoms with Crippen molar-refractivity contribution in [3.8, 4) is 5.75 Å². The molecular formula is C26H23F3N2O4. The van der Waals surface area contributed by atoms with Gasteiger partial charge in [0.2, 0.25) is 0 Å². The van der Waals surface area contributed by atoms with Crippen molar-refractivity contribution >= 4 is 33.9 Å². The van der Waals surface area contributed by atoms with E-state index >= 15 is 0 Å². The van der Waals surface area contributed by atoms with Crippen LogP contribution >= 0.6 is 0 Å². The minimum Gasteiger partial charge on any atom is -0.494 e. The van der Waals surface area contributed by atoms with Crippen molar-refractivity contribution in [3.05, 3.63) is 59.9 Å². The van der Waals surface area contributed by atoms with Crippen molar-refractivity contribution < 1.29 is 32.6 Å². The Morgan fingerprint density at radius 1 is 1.11 bits per heavy atom. The highest BCUT2D eigenvalue weighted by molar-refractivity contribution is 6.03. The normalized spacial score (nSPS) is 19.4. The molecule has 6 nitrogen and oxygen atoms in total. The molecule has 9 heteroatoms. The van der Waals surface area contributed by atoms with Gasteiger partial charge < -0.3 is 14.7 Å². The van der Waals surface area contributed by atoms with Gasteiger partial charge in [-0.25, -0.2) is 4.98 Å². The molecule has 0 aliphatic heterocycles. The van der Waals surface area contributed by atoms with E-state index in [9.17, 15) is 22.8 Å². The summed E-state index contributed by atoms with van der Waals surface area (Å²) in [7, 11) is 1.40. The highest BCUT2D eigenvalue weighted by Crippen LogP contribution is 2.44. The number of carboxylic acid groups (broad SMARTS) is 1. The molecule has 0 bridgehead atoms. The summed E-state index contributed by atoms with van der Waals surface area (Å²) in [5, 5.41) is 9.73. The number of ketones is 1. The first-order valence-corrected chi connectivity index (χ1v) is 11.4. The van der Waals surface area contributed by atoms with Crippen LogP contribution in [0.15, 0.2) is 48.7 Å². The monoisotopic (exact) mass is 484 g/mol. The zero-order chi connectivity index (χ0) is 24.9. The molecule has 0 saturated heterocycles. The second kappa shape index (κ2) is 8.55. The SMILES string of the molecule is COc1cc(N(CC2CC2)c2cccc3c(C(F)(F)F)cccc23)cnc1C(=O)C1CC1C(=O)O. The number of benzene rings is 2. The number of carboxylic acids is 1. The van der Waals surface area contributed by atoms with Crippen LogP contribution in [0.1, 0.15) is 35.3 Å². The van der Waals surface area contributed by atoms with Crippen molar-refractivity contribution in [2.24, 2.45) is 17.8 Å². The summed E-state index contributed by atoms with van der Waals surface area (Å²) in [5.41, 5.74) is 0.559. The summed E-state index contributed by atoms with van der Waals surface area (Å²) < 4.78 is 46.4. The quantitative estimate of drug-likeness (QED) is 0.413. The van der Waals surface area contributed by atoms with Crippen molar-refractivity contribution in [2.75, 3.05) is 18.6 Å². The number of Topliss-reactive ketones (excluding diaryl/α,β-unsaturated/α-hetero) is 1. The van der Waals surface area contributed by atoms with Gasteiger partial charge in [0.05, 0.1) is 30.5 Å². The van der Waals surface area contributed by atoms with Gasteiger partial charge in [-0.05, 0) is 42.7 Å². The molecule has 2 unspecified atom stereocenters. The Labute approximate surface area is 199 Å². The molecule has 0 spiro atoms. The standard InChI is InChI=1S/C26H23F3N2O4/c1-35-22-10-15(12-30-23(22)24(32)18-11-19(18)25(33)34)31(13-14-8-9-14)21-7-3-4-16-17(21)5-2-6-20(16)26(27,28)29/h2-7,10,12,14,18-19H,8-9,11,13H2,1H3,(H,33,34). The summed E-state index contributed by atoms with van der Waals surface area (Å²) in [6.07, 6.45) is -0.666. The summed E-state index contributed by atoms with van der Waals surface area (Å²) in [6.45, 7) is 0.581. The lowest BCUT2D eigenvalue weighted by atomic mass is 10.0. The molecule has 2 saturated carbocycles. The van der Waals surface area contributed by atoms with Gasteiger partial charge in [-0.1, -0.05) is 24.3 Å². The van der Waals surface area contributed by atoms with Gasteiger partial charge in [0.1, 0.15) is 11.4 Å². The van der Waals surface area contributed by atoms with Crippen LogP contribution in [0.2, 0.25) is 0 Å². The van der Waals surface area contributed by atoms with E-state index in [0.717, 1.165) is 18.9 Å². The fraction of sp³-hybridized carbons (Fsp3) is 0.346. The molecule has 1 aromatic heterocycles. The minimum absolute atomic E-state index is 0.0636. The Morgan fingerprint density at radius 3 is 2.46 bits per heavy atom. The maximum atomic E-state index is 13.7. The highest BCUT2D eigenvalue weighted by atomic mass is 19.4. The lowest BCUT2D eigenvalue weighted by molar-refractivity contribution is -0.139. The zero-order valence-electron chi connectivity index (χ0n) is 18.9. The Hall–Kier alpha value is -3.62. The summed E-state index contributed by atoms with van der Waals surface area (Å²) >= 11 is 0. The molecule has 1 heterocycles. The number of hydrogen-bond donors (Lipinski definition) is 1. The number of alkyl halides is 3. The van der Waals surface area contributed by atoms with E-state index in [1.807, 2.05) is 4.90 Å². The largest absolute Gasteiger partial charge is 0.494 e. The van der Waals surface area contributed by atoms with E-state index in [1.165, 1.54) is 25.4 Å². The molecule has 2 aliphatic rings. The minimum atomic E-state index is -4.48. The van der Waals surface area contributed by atoms with Crippen LogP contribution < -0.4 is 9.64 Å². The predicted octanol–water partition coefficient (Wildman–Crippen LogP) is 5.71. The van der Waals surface area contributed by atoms with E-state index in [4.69, 9.17) is 9.84 Å². The summed E-state index contributed by atoms with van der Waals surface area (Å²) in [5.74, 6) is -2.12. The third-order valence-electron chi connectivity index (χ3n) is 6.68. The number of ether oxygens (including phenoxy) is 1. The van der Waals surface area contributed by atoms with Crippen molar-refractivity contribution in [1.29, 1.82) is 0 Å². The smallest absolute Gasteiger partial charge is 0.417 e. The third-order valence-corrected chi connectivity index (χ3v) is 6.68. The van der Waals surface area contributed by atoms with E-state index in [-0.39, 0.29) is 29.0 Å². The van der Waals surface area contributed by atoms with Gasteiger partial charge in [0.25, 0.3) is 0 Å². The molecule has 2 atom stereocenters. The molecule has 5 rings (SSSR count). The number of carbonyl (C=O) groups excluding carboxylic acids is 1. The number of carbonyl (C=O) groups is 2. The number of hydrogen-bond acceptors (Lipinski definition) is 5. The average Bonchev–Trinajstić information content (AvgIpc) is 3.75. The van der Waals surface area contributed by atoms with Gasteiger partial charge in [0.15, 0.2) is 5.78 Å². The lowest BCUT2D eigenvalue weighted by Gasteiger charge is -2.27. The van der Waals surface area contributed by atoms with E-state index in [2.05, 4.69) is 4.98 Å². The molecule has 0 amide bonds. The van der Waals surface area contributed by atoms with E-state index in [1.54, 1.807) is 24.3 Å². The molecule has 2 fully saturated rings. The molecule has 1 N–H and O–H groups in total. The number of nitrogens with zero attached hydrogens (tertiary/aromatic N) is 2. The average molecular weight is 484 g/mol. The van der Waals surface area contributed by atoms with Crippen molar-refractivity contribution in [1.82, 2.24) is 4.98 Å². The number of fused-ring (bicyclic) bond motifs is 1. The first-order chi connectivity index (χ1) is 16.7. The zero-order valence-corrected chi connectivity index (χ0v) is 18.9. The van der Waals surface area contributed by atoms with Crippen LogP contribution in [-0.2, 0) is 11.0 Å². The van der Waals surface area contributed by atoms with E-state index in [0.29, 0.717) is 29.2 Å². The van der Waals surface area contributed by atoms with Gasteiger partial charge in [-0.2, -0.15) is 13.2 Å². The molecule has 2 aliphatic carbocycles. The van der Waals surface area contributed by atoms with Crippen LogP contribution in [0.5, 0.6) is 5.75 Å². The second-order valence-corrected chi connectivity index (χ2v) is 9.13. The van der Waals surface area contributed by atoms with Gasteiger partial charge >= 0.3 is 12.1 Å². The second-order valence-electron chi connectivity index (χ2n) is 9.13. The number of methoxy groups -OCH3 is 1. The number of aliphatic carboxylic acids is 1. The van der Waals surface area contributed by atoms with Crippen LogP contribution in [0.25, 0.3) is 10.8 Å². The molecule has 2 aromatic carbocycles. The fourth-order valence-corrected chi connectivity index (χ4v) is 4.53. The maximum absolute atomic E-state index is 13.7. The Morgan fingerprint density at radius 2 is 1.83 bits per heavy atom. The molecule has 182 valence electrons. The van der Waals surface area contributed by atoms with Crippen molar-refractivity contribution in [3.63, 3.8) is 0 Å². The summed E-state index contributed by atoms with van der Waals surface area (Å²) in [4.78, 5) is 30.2. The summed E-state index contributed by atoms with van der Waals surface area (Å²) in [6, 6.07) is 10.6. The number of halogens is 3. The number of aromatic nitrogens is 1. The maximum Gasteiger partial charge on any atom is 0.417 e. The molecular weight excluding hydrogens is 461 g/mol. The molecule has 0 radical (unpaired) electrons. The molecule has 3 aromatic rings. The first kappa shape index (κ1) is 23.1. The molecule has 35 heavy (non-hydrogen) atoms. The van der Waals surface area contributed by atoms with Crippen LogP contribution in [0, 0.1) is 17.8 Å².